The largest absolute Gasteiger partial charge is 0.396 e. The number of nitrogens with one attached hydrogen (secondary N) is 1. The molecule has 7 nitrogen and oxygen atoms in total. The predicted octanol–water partition coefficient (Wildman–Crippen LogP) is 0.269. The van der Waals surface area contributed by atoms with Crippen LogP contribution >= 0.6 is 11.3 Å². The van der Waals surface area contributed by atoms with E-state index in [0.29, 0.717) is 33.9 Å². The predicted molar refractivity (Wildman–Crippen MR) is 72.6 cm³/mol. The molecule has 2 heterocycles. The highest BCUT2D eigenvalue weighted by atomic mass is 32.1. The van der Waals surface area contributed by atoms with Crippen molar-refractivity contribution in [2.75, 3.05) is 12.3 Å². The van der Waals surface area contributed by atoms with E-state index in [2.05, 4.69) is 15.3 Å². The molecule has 0 radical (unpaired) electrons. The number of carbonyl (C=O) groups excluding carboxylic acids is 2. The van der Waals surface area contributed by atoms with Crippen LogP contribution in [0.25, 0.3) is 10.3 Å². The number of amides is 2. The Morgan fingerprint density at radius 1 is 1.32 bits per heavy atom. The van der Waals surface area contributed by atoms with Gasteiger partial charge in [-0.05, 0) is 6.42 Å². The van der Waals surface area contributed by atoms with Gasteiger partial charge in [0.1, 0.15) is 15.2 Å². The molecule has 2 aromatic rings. The van der Waals surface area contributed by atoms with E-state index < -0.39 is 0 Å². The summed E-state index contributed by atoms with van der Waals surface area (Å²) in [6.07, 6.45) is 3.82. The second kappa shape index (κ2) is 5.61. The summed E-state index contributed by atoms with van der Waals surface area (Å²) in [6, 6.07) is 0. The summed E-state index contributed by atoms with van der Waals surface area (Å²) in [6.45, 7) is 0.371. The lowest BCUT2D eigenvalue weighted by Gasteiger charge is -2.02. The third-order valence-electron chi connectivity index (χ3n) is 2.45. The van der Waals surface area contributed by atoms with Gasteiger partial charge in [0.2, 0.25) is 5.91 Å². The number of fused-ring (bicyclic) bond motifs is 1. The van der Waals surface area contributed by atoms with Crippen LogP contribution in [0.15, 0.2) is 12.4 Å². The molecule has 0 aliphatic carbocycles. The Morgan fingerprint density at radius 3 is 2.74 bits per heavy atom. The maximum atomic E-state index is 11.9. The van der Waals surface area contributed by atoms with E-state index in [9.17, 15) is 9.59 Å². The summed E-state index contributed by atoms with van der Waals surface area (Å²) in [5, 5.41) is 2.68. The number of rotatable bonds is 5. The number of nitrogens with zero attached hydrogens (tertiary/aromatic N) is 2. The molecule has 5 N–H and O–H groups in total. The summed E-state index contributed by atoms with van der Waals surface area (Å²) in [4.78, 5) is 31.7. The van der Waals surface area contributed by atoms with Crippen molar-refractivity contribution >= 4 is 39.2 Å². The first-order chi connectivity index (χ1) is 9.09. The zero-order valence-corrected chi connectivity index (χ0v) is 10.9. The second-order valence-corrected chi connectivity index (χ2v) is 4.88. The van der Waals surface area contributed by atoms with Crippen LogP contribution in [0, 0.1) is 0 Å². The van der Waals surface area contributed by atoms with Crippen molar-refractivity contribution < 1.29 is 9.59 Å². The fourth-order valence-corrected chi connectivity index (χ4v) is 2.50. The highest BCUT2D eigenvalue weighted by Gasteiger charge is 2.17. The quantitative estimate of drug-likeness (QED) is 0.677. The van der Waals surface area contributed by atoms with Gasteiger partial charge in [-0.15, -0.1) is 11.3 Å². The van der Waals surface area contributed by atoms with Crippen molar-refractivity contribution in [1.82, 2.24) is 15.3 Å². The Bertz CT molecular complexity index is 625. The molecular weight excluding hydrogens is 266 g/mol. The Morgan fingerprint density at radius 2 is 2.05 bits per heavy atom. The third kappa shape index (κ3) is 2.97. The van der Waals surface area contributed by atoms with Gasteiger partial charge in [-0.3, -0.25) is 9.59 Å². The summed E-state index contributed by atoms with van der Waals surface area (Å²) >= 11 is 1.19. The van der Waals surface area contributed by atoms with Gasteiger partial charge in [0.25, 0.3) is 5.91 Å². The van der Waals surface area contributed by atoms with Gasteiger partial charge >= 0.3 is 0 Å². The Balaban J connectivity index is 2.05. The van der Waals surface area contributed by atoms with E-state index in [0.717, 1.165) is 0 Å². The Hall–Kier alpha value is -2.22. The van der Waals surface area contributed by atoms with Crippen LogP contribution in [0.5, 0.6) is 0 Å². The maximum absolute atomic E-state index is 11.9. The molecule has 0 unspecified atom stereocenters. The Labute approximate surface area is 113 Å². The van der Waals surface area contributed by atoms with Gasteiger partial charge in [0.05, 0.1) is 5.69 Å². The van der Waals surface area contributed by atoms with Crippen molar-refractivity contribution in [1.29, 1.82) is 0 Å². The first-order valence-corrected chi connectivity index (χ1v) is 6.46. The zero-order chi connectivity index (χ0) is 13.8. The van der Waals surface area contributed by atoms with E-state index in [1.54, 1.807) is 6.20 Å². The molecule has 0 fully saturated rings. The molecule has 100 valence electrons. The average molecular weight is 279 g/mol. The van der Waals surface area contributed by atoms with E-state index in [4.69, 9.17) is 11.5 Å². The number of nitrogen functional groups attached to an aromatic ring is 1. The minimum atomic E-state index is -0.385. The number of hydrogen-bond acceptors (Lipinski definition) is 6. The standard InChI is InChI=1S/C11H13N5O2S/c12-6(17)2-1-3-15-10(18)9-7(13)8-11(19-9)16-5-4-14-8/h4-5H,1-3,13H2,(H2,12,17)(H,15,18). The van der Waals surface area contributed by atoms with Gasteiger partial charge < -0.3 is 16.8 Å². The van der Waals surface area contributed by atoms with Crippen LogP contribution in [0.4, 0.5) is 5.69 Å². The van der Waals surface area contributed by atoms with Gasteiger partial charge in [-0.1, -0.05) is 0 Å². The average Bonchev–Trinajstić information content (AvgIpc) is 2.72. The van der Waals surface area contributed by atoms with Crippen LogP contribution < -0.4 is 16.8 Å². The SMILES string of the molecule is NC(=O)CCCNC(=O)c1sc2nccnc2c1N. The Kier molecular flexibility index (Phi) is 3.91. The van der Waals surface area contributed by atoms with E-state index >= 15 is 0 Å². The van der Waals surface area contributed by atoms with Crippen molar-refractivity contribution in [3.63, 3.8) is 0 Å². The normalized spacial score (nSPS) is 10.5. The smallest absolute Gasteiger partial charge is 0.263 e. The van der Waals surface area contributed by atoms with Crippen LogP contribution in [-0.4, -0.2) is 28.3 Å². The third-order valence-corrected chi connectivity index (χ3v) is 3.56. The summed E-state index contributed by atoms with van der Waals surface area (Å²) < 4.78 is 0. The van der Waals surface area contributed by atoms with Gasteiger partial charge in [0.15, 0.2) is 0 Å². The number of thiophene rings is 1. The fourth-order valence-electron chi connectivity index (χ4n) is 1.56. The van der Waals surface area contributed by atoms with Crippen molar-refractivity contribution in [2.24, 2.45) is 5.73 Å². The summed E-state index contributed by atoms with van der Waals surface area (Å²) in [5.74, 6) is -0.671. The molecule has 0 aromatic carbocycles. The highest BCUT2D eigenvalue weighted by Crippen LogP contribution is 2.30. The monoisotopic (exact) mass is 279 g/mol. The molecule has 0 aliphatic rings. The minimum Gasteiger partial charge on any atom is -0.396 e. The number of carbonyl (C=O) groups is 2. The molecule has 2 rings (SSSR count). The molecule has 0 atom stereocenters. The number of primary amides is 1. The van der Waals surface area contributed by atoms with E-state index in [-0.39, 0.29) is 18.2 Å². The van der Waals surface area contributed by atoms with Gasteiger partial charge in [0, 0.05) is 25.4 Å². The molecule has 2 aromatic heterocycles. The lowest BCUT2D eigenvalue weighted by Crippen LogP contribution is -2.25. The number of aromatic nitrogens is 2. The first-order valence-electron chi connectivity index (χ1n) is 5.65. The minimum absolute atomic E-state index is 0.241. The fraction of sp³-hybridized carbons (Fsp3) is 0.273. The molecule has 2 amide bonds. The topological polar surface area (TPSA) is 124 Å². The van der Waals surface area contributed by atoms with E-state index in [1.807, 2.05) is 0 Å². The number of hydrogen-bond donors (Lipinski definition) is 3. The molecular formula is C11H13N5O2S. The number of nitrogens with two attached hydrogens (primary N) is 2. The molecule has 0 spiro atoms. The van der Waals surface area contributed by atoms with Crippen LogP contribution in [0.2, 0.25) is 0 Å². The second-order valence-electron chi connectivity index (χ2n) is 3.88. The highest BCUT2D eigenvalue weighted by molar-refractivity contribution is 7.21. The lowest BCUT2D eigenvalue weighted by molar-refractivity contribution is -0.118. The molecule has 0 aliphatic heterocycles. The summed E-state index contributed by atoms with van der Waals surface area (Å²) in [5.41, 5.74) is 11.7. The molecule has 0 saturated heterocycles. The molecule has 0 bridgehead atoms. The number of anilines is 1. The van der Waals surface area contributed by atoms with Crippen molar-refractivity contribution in [3.05, 3.63) is 17.3 Å². The van der Waals surface area contributed by atoms with Crippen LogP contribution in [-0.2, 0) is 4.79 Å². The molecule has 0 saturated carbocycles. The van der Waals surface area contributed by atoms with Gasteiger partial charge in [-0.25, -0.2) is 9.97 Å². The van der Waals surface area contributed by atoms with E-state index in [1.165, 1.54) is 17.5 Å². The van der Waals surface area contributed by atoms with Crippen molar-refractivity contribution in [3.8, 4) is 0 Å². The van der Waals surface area contributed by atoms with Crippen LogP contribution in [0.3, 0.4) is 0 Å². The van der Waals surface area contributed by atoms with Gasteiger partial charge in [-0.2, -0.15) is 0 Å². The van der Waals surface area contributed by atoms with Crippen molar-refractivity contribution in [2.45, 2.75) is 12.8 Å². The molecule has 19 heavy (non-hydrogen) atoms. The molecule has 8 heteroatoms. The maximum Gasteiger partial charge on any atom is 0.263 e. The lowest BCUT2D eigenvalue weighted by atomic mass is 10.3. The first kappa shape index (κ1) is 13.2. The van der Waals surface area contributed by atoms with Crippen LogP contribution in [0.1, 0.15) is 22.5 Å². The summed E-state index contributed by atoms with van der Waals surface area (Å²) in [7, 11) is 0. The zero-order valence-electron chi connectivity index (χ0n) is 10.0.